The molecule has 0 saturated carbocycles. The highest BCUT2D eigenvalue weighted by molar-refractivity contribution is 7.89. The number of terminal acetylenes is 1. The van der Waals surface area contributed by atoms with Crippen LogP contribution in [0.5, 0.6) is 0 Å². The van der Waals surface area contributed by atoms with Crippen molar-refractivity contribution in [2.75, 3.05) is 13.1 Å². The van der Waals surface area contributed by atoms with E-state index < -0.39 is 15.9 Å². The summed E-state index contributed by atoms with van der Waals surface area (Å²) in [6.07, 6.45) is 5.06. The van der Waals surface area contributed by atoms with Crippen molar-refractivity contribution in [3.63, 3.8) is 0 Å². The Hall–Kier alpha value is -2.08. The molecule has 0 unspecified atom stereocenters. The van der Waals surface area contributed by atoms with Gasteiger partial charge in [-0.05, 0) is 32.0 Å². The zero-order valence-corrected chi connectivity index (χ0v) is 15.5. The van der Waals surface area contributed by atoms with Crippen molar-refractivity contribution < 1.29 is 18.0 Å². The van der Waals surface area contributed by atoms with Gasteiger partial charge in [-0.15, -0.1) is 6.42 Å². The molecule has 9 heteroatoms. The predicted molar refractivity (Wildman–Crippen MR) is 95.7 cm³/mol. The number of benzene rings is 1. The van der Waals surface area contributed by atoms with E-state index in [2.05, 4.69) is 21.3 Å². The Labute approximate surface area is 152 Å². The van der Waals surface area contributed by atoms with E-state index >= 15 is 0 Å². The van der Waals surface area contributed by atoms with Crippen LogP contribution in [0.3, 0.4) is 0 Å². The molecule has 3 N–H and O–H groups in total. The van der Waals surface area contributed by atoms with Crippen LogP contribution in [-0.2, 0) is 14.8 Å². The van der Waals surface area contributed by atoms with Crippen LogP contribution in [0, 0.1) is 12.3 Å². The summed E-state index contributed by atoms with van der Waals surface area (Å²) in [5.74, 6) is 1.39. The van der Waals surface area contributed by atoms with Gasteiger partial charge in [0.1, 0.15) is 0 Å². The van der Waals surface area contributed by atoms with Crippen molar-refractivity contribution in [1.82, 2.24) is 15.4 Å². The summed E-state index contributed by atoms with van der Waals surface area (Å²) in [5.41, 5.74) is 0.0114. The van der Waals surface area contributed by atoms with Gasteiger partial charge in [0.05, 0.1) is 22.0 Å². The summed E-state index contributed by atoms with van der Waals surface area (Å²) in [6.45, 7) is 3.55. The highest BCUT2D eigenvalue weighted by atomic mass is 35.5. The highest BCUT2D eigenvalue weighted by Crippen LogP contribution is 2.20. The minimum atomic E-state index is -3.75. The van der Waals surface area contributed by atoms with E-state index in [0.29, 0.717) is 0 Å². The van der Waals surface area contributed by atoms with E-state index in [4.69, 9.17) is 18.0 Å². The van der Waals surface area contributed by atoms with E-state index in [0.717, 1.165) is 0 Å². The lowest BCUT2D eigenvalue weighted by Crippen LogP contribution is -2.32. The lowest BCUT2D eigenvalue weighted by molar-refractivity contribution is -0.120. The lowest BCUT2D eigenvalue weighted by Gasteiger charge is -2.12. The Morgan fingerprint density at radius 3 is 2.56 bits per heavy atom. The fourth-order valence-electron chi connectivity index (χ4n) is 1.85. The molecule has 0 bridgehead atoms. The molecule has 0 aliphatic carbocycles. The summed E-state index contributed by atoms with van der Waals surface area (Å²) in [7, 11) is -3.75. The minimum Gasteiger partial charge on any atom is -0.351 e. The van der Waals surface area contributed by atoms with Crippen LogP contribution in [0.4, 0.5) is 0 Å². The van der Waals surface area contributed by atoms with Gasteiger partial charge in [0, 0.05) is 19.0 Å². The summed E-state index contributed by atoms with van der Waals surface area (Å²) < 4.78 is 26.8. The fraction of sp³-hybridized carbons (Fsp3) is 0.375. The Bertz CT molecular complexity index is 785. The Kier molecular flexibility index (Phi) is 7.90. The maximum atomic E-state index is 12.2. The first-order valence-corrected chi connectivity index (χ1v) is 9.33. The van der Waals surface area contributed by atoms with Gasteiger partial charge < -0.3 is 10.6 Å². The molecule has 1 aromatic rings. The Morgan fingerprint density at radius 2 is 1.96 bits per heavy atom. The Balaban J connectivity index is 2.81. The van der Waals surface area contributed by atoms with Crippen LogP contribution in [0.1, 0.15) is 30.6 Å². The van der Waals surface area contributed by atoms with Gasteiger partial charge in [-0.2, -0.15) is 0 Å². The van der Waals surface area contributed by atoms with E-state index in [-0.39, 0.29) is 46.9 Å². The number of hydrogen-bond donors (Lipinski definition) is 3. The zero-order valence-electron chi connectivity index (χ0n) is 13.9. The lowest BCUT2D eigenvalue weighted by atomic mass is 10.2. The molecule has 0 aliphatic heterocycles. The summed E-state index contributed by atoms with van der Waals surface area (Å²) >= 11 is 5.98. The summed E-state index contributed by atoms with van der Waals surface area (Å²) in [6, 6.07) is 3.56. The standard InChI is InChI=1S/C16H20ClN3O4S/c1-4-8-18-15(21)7-9-19-16(22)13-10-12(5-6-14(13)17)25(23,24)20-11(2)3/h1,5-6,10-11,20H,7-9H2,2-3H3,(H,18,21)(H,19,22). The van der Waals surface area contributed by atoms with E-state index in [9.17, 15) is 18.0 Å². The van der Waals surface area contributed by atoms with Crippen molar-refractivity contribution in [2.24, 2.45) is 0 Å². The highest BCUT2D eigenvalue weighted by Gasteiger charge is 2.19. The van der Waals surface area contributed by atoms with Crippen LogP contribution < -0.4 is 15.4 Å². The predicted octanol–water partition coefficient (Wildman–Crippen LogP) is 0.896. The van der Waals surface area contributed by atoms with E-state index in [1.54, 1.807) is 13.8 Å². The van der Waals surface area contributed by atoms with Crippen molar-refractivity contribution >= 4 is 33.4 Å². The van der Waals surface area contributed by atoms with Gasteiger partial charge >= 0.3 is 0 Å². The smallest absolute Gasteiger partial charge is 0.252 e. The van der Waals surface area contributed by atoms with Crippen LogP contribution in [0.2, 0.25) is 5.02 Å². The quantitative estimate of drug-likeness (QED) is 0.578. The third-order valence-electron chi connectivity index (χ3n) is 2.91. The number of sulfonamides is 1. The SMILES string of the molecule is C#CCNC(=O)CCNC(=O)c1cc(S(=O)(=O)NC(C)C)ccc1Cl. The molecule has 25 heavy (non-hydrogen) atoms. The maximum absolute atomic E-state index is 12.2. The molecule has 2 amide bonds. The number of amides is 2. The molecule has 0 aliphatic rings. The zero-order chi connectivity index (χ0) is 19.0. The van der Waals surface area contributed by atoms with Gasteiger partial charge in [0.25, 0.3) is 5.91 Å². The van der Waals surface area contributed by atoms with Crippen molar-refractivity contribution in [3.05, 3.63) is 28.8 Å². The summed E-state index contributed by atoms with van der Waals surface area (Å²) in [5, 5.41) is 5.09. The second-order valence-electron chi connectivity index (χ2n) is 5.40. The number of hydrogen-bond acceptors (Lipinski definition) is 4. The van der Waals surface area contributed by atoms with Gasteiger partial charge in [-0.3, -0.25) is 9.59 Å². The van der Waals surface area contributed by atoms with Crippen LogP contribution >= 0.6 is 11.6 Å². The van der Waals surface area contributed by atoms with Crippen molar-refractivity contribution in [1.29, 1.82) is 0 Å². The number of nitrogens with one attached hydrogen (secondary N) is 3. The number of carbonyl (C=O) groups excluding carboxylic acids is 2. The number of carbonyl (C=O) groups is 2. The minimum absolute atomic E-state index is 0.0114. The van der Waals surface area contributed by atoms with Gasteiger partial charge in [-0.25, -0.2) is 13.1 Å². The van der Waals surface area contributed by atoms with Crippen LogP contribution in [0.25, 0.3) is 0 Å². The second kappa shape index (κ2) is 9.42. The van der Waals surface area contributed by atoms with Crippen molar-refractivity contribution in [3.8, 4) is 12.3 Å². The molecule has 0 fully saturated rings. The molecule has 136 valence electrons. The molecule has 1 rings (SSSR count). The second-order valence-corrected chi connectivity index (χ2v) is 7.53. The average Bonchev–Trinajstić information content (AvgIpc) is 2.51. The number of rotatable bonds is 8. The molecular formula is C16H20ClN3O4S. The average molecular weight is 386 g/mol. The first-order chi connectivity index (χ1) is 11.7. The molecule has 0 heterocycles. The monoisotopic (exact) mass is 385 g/mol. The van der Waals surface area contributed by atoms with Crippen LogP contribution in [-0.4, -0.2) is 39.4 Å². The largest absolute Gasteiger partial charge is 0.351 e. The fourth-order valence-corrected chi connectivity index (χ4v) is 3.33. The van der Waals surface area contributed by atoms with Crippen LogP contribution in [0.15, 0.2) is 23.1 Å². The van der Waals surface area contributed by atoms with Gasteiger partial charge in [0.2, 0.25) is 15.9 Å². The molecule has 0 spiro atoms. The molecule has 7 nitrogen and oxygen atoms in total. The van der Waals surface area contributed by atoms with Crippen molar-refractivity contribution in [2.45, 2.75) is 31.2 Å². The molecule has 0 saturated heterocycles. The molecule has 0 aromatic heterocycles. The number of halogens is 1. The molecular weight excluding hydrogens is 366 g/mol. The van der Waals surface area contributed by atoms with E-state index in [1.807, 2.05) is 0 Å². The maximum Gasteiger partial charge on any atom is 0.252 e. The first kappa shape index (κ1) is 21.0. The van der Waals surface area contributed by atoms with Gasteiger partial charge in [-0.1, -0.05) is 17.5 Å². The third kappa shape index (κ3) is 6.74. The third-order valence-corrected chi connectivity index (χ3v) is 4.89. The summed E-state index contributed by atoms with van der Waals surface area (Å²) in [4.78, 5) is 23.5. The topological polar surface area (TPSA) is 104 Å². The van der Waals surface area contributed by atoms with Gasteiger partial charge in [0.15, 0.2) is 0 Å². The normalized spacial score (nSPS) is 11.0. The molecule has 0 atom stereocenters. The van der Waals surface area contributed by atoms with E-state index in [1.165, 1.54) is 18.2 Å². The Morgan fingerprint density at radius 1 is 1.28 bits per heavy atom. The molecule has 0 radical (unpaired) electrons. The molecule has 1 aromatic carbocycles. The first-order valence-electron chi connectivity index (χ1n) is 7.47.